The maximum Gasteiger partial charge on any atom is 0.173 e. The summed E-state index contributed by atoms with van der Waals surface area (Å²) in [5, 5.41) is 0.619. The van der Waals surface area contributed by atoms with E-state index in [9.17, 15) is 4.79 Å². The number of aryl methyl sites for hydroxylation is 1. The lowest BCUT2D eigenvalue weighted by atomic mass is 9.95. The van der Waals surface area contributed by atoms with Gasteiger partial charge in [-0.15, -0.1) is 0 Å². The topological polar surface area (TPSA) is 30.0 Å². The molecule has 1 aliphatic rings. The zero-order valence-corrected chi connectivity index (χ0v) is 12.4. The van der Waals surface area contributed by atoms with Crippen LogP contribution in [0.15, 0.2) is 41.0 Å². The second-order valence-electron chi connectivity index (χ2n) is 4.63. The molecule has 2 nitrogen and oxygen atoms in total. The summed E-state index contributed by atoms with van der Waals surface area (Å²) in [6.07, 6.45) is 3.51. The zero-order chi connectivity index (χ0) is 13.4. The number of ketones is 1. The number of benzene rings is 1. The fourth-order valence-corrected chi connectivity index (χ4v) is 3.42. The van der Waals surface area contributed by atoms with Crippen molar-refractivity contribution in [3.05, 3.63) is 62.8 Å². The highest BCUT2D eigenvalue weighted by atomic mass is 79.9. The van der Waals surface area contributed by atoms with E-state index < -0.39 is 0 Å². The quantitative estimate of drug-likeness (QED) is 0.760. The van der Waals surface area contributed by atoms with Gasteiger partial charge >= 0.3 is 0 Å². The third-order valence-electron chi connectivity index (χ3n) is 3.47. The van der Waals surface area contributed by atoms with Gasteiger partial charge in [0.15, 0.2) is 5.78 Å². The average Bonchev–Trinajstić information content (AvgIpc) is 2.82. The summed E-state index contributed by atoms with van der Waals surface area (Å²) in [7, 11) is 0. The molecule has 1 heterocycles. The minimum absolute atomic E-state index is 0.112. The number of carbonyl (C=O) groups is 1. The van der Waals surface area contributed by atoms with E-state index >= 15 is 0 Å². The highest BCUT2D eigenvalue weighted by Gasteiger charge is 2.31. The summed E-state index contributed by atoms with van der Waals surface area (Å²) < 4.78 is 0.745. The van der Waals surface area contributed by atoms with Crippen molar-refractivity contribution in [1.29, 1.82) is 0 Å². The number of hydrogen-bond acceptors (Lipinski definition) is 2. The van der Waals surface area contributed by atoms with Crippen molar-refractivity contribution in [2.45, 2.75) is 18.8 Å². The van der Waals surface area contributed by atoms with E-state index in [2.05, 4.69) is 20.9 Å². The van der Waals surface area contributed by atoms with E-state index in [1.54, 1.807) is 24.4 Å². The zero-order valence-electron chi connectivity index (χ0n) is 10.1. The van der Waals surface area contributed by atoms with Crippen LogP contribution in [0.3, 0.4) is 0 Å². The number of carbonyl (C=O) groups excluding carboxylic acids is 1. The number of halogens is 2. The molecule has 0 bridgehead atoms. The van der Waals surface area contributed by atoms with E-state index in [4.69, 9.17) is 11.6 Å². The molecule has 96 valence electrons. The van der Waals surface area contributed by atoms with Crippen molar-refractivity contribution in [3.63, 3.8) is 0 Å². The molecule has 3 rings (SSSR count). The Labute approximate surface area is 124 Å². The van der Waals surface area contributed by atoms with Gasteiger partial charge < -0.3 is 0 Å². The minimum atomic E-state index is -0.131. The molecule has 0 fully saturated rings. The largest absolute Gasteiger partial charge is 0.293 e. The molecule has 0 spiro atoms. The van der Waals surface area contributed by atoms with Gasteiger partial charge in [-0.25, -0.2) is 0 Å². The van der Waals surface area contributed by atoms with Crippen molar-refractivity contribution >= 4 is 33.3 Å². The lowest BCUT2D eigenvalue weighted by Crippen LogP contribution is -2.12. The Morgan fingerprint density at radius 1 is 1.37 bits per heavy atom. The first kappa shape index (κ1) is 12.8. The molecule has 0 aliphatic heterocycles. The van der Waals surface area contributed by atoms with Gasteiger partial charge in [-0.1, -0.05) is 17.7 Å². The molecule has 1 aromatic carbocycles. The van der Waals surface area contributed by atoms with Crippen molar-refractivity contribution < 1.29 is 4.79 Å². The molecule has 0 radical (unpaired) electrons. The van der Waals surface area contributed by atoms with Crippen LogP contribution < -0.4 is 0 Å². The van der Waals surface area contributed by atoms with E-state index in [0.29, 0.717) is 10.6 Å². The Balaban J connectivity index is 1.98. The summed E-state index contributed by atoms with van der Waals surface area (Å²) in [5.74, 6) is -0.0188. The van der Waals surface area contributed by atoms with Crippen LogP contribution in [0.25, 0.3) is 0 Å². The summed E-state index contributed by atoms with van der Waals surface area (Å²) >= 11 is 9.32. The molecule has 0 amide bonds. The standard InChI is InChI=1S/C15H11BrClNO/c16-13-8-10(17)4-6-11(13)15(19)12-5-3-9-2-1-7-18-14(9)12/h1-2,4,6-8,12H,3,5H2. The van der Waals surface area contributed by atoms with Gasteiger partial charge in [-0.3, -0.25) is 9.78 Å². The first-order chi connectivity index (χ1) is 9.16. The Hall–Kier alpha value is -1.19. The number of pyridine rings is 1. The van der Waals surface area contributed by atoms with Crippen molar-refractivity contribution in [2.24, 2.45) is 0 Å². The van der Waals surface area contributed by atoms with Crippen molar-refractivity contribution in [1.82, 2.24) is 4.98 Å². The Morgan fingerprint density at radius 2 is 2.21 bits per heavy atom. The molecule has 0 N–H and O–H groups in total. The van der Waals surface area contributed by atoms with Crippen LogP contribution in [0, 0.1) is 0 Å². The molecule has 2 aromatic rings. The number of rotatable bonds is 2. The lowest BCUT2D eigenvalue weighted by Gasteiger charge is -2.11. The third-order valence-corrected chi connectivity index (χ3v) is 4.36. The number of Topliss-reactive ketones (excluding diaryl/α,β-unsaturated/α-hetero) is 1. The van der Waals surface area contributed by atoms with E-state index in [1.165, 1.54) is 5.56 Å². The van der Waals surface area contributed by atoms with Crippen molar-refractivity contribution in [2.75, 3.05) is 0 Å². The van der Waals surface area contributed by atoms with E-state index in [1.807, 2.05) is 12.1 Å². The molecule has 4 heteroatoms. The smallest absolute Gasteiger partial charge is 0.173 e. The molecule has 1 unspecified atom stereocenters. The van der Waals surface area contributed by atoms with Crippen molar-refractivity contribution in [3.8, 4) is 0 Å². The maximum atomic E-state index is 12.6. The molecule has 1 aromatic heterocycles. The van der Waals surface area contributed by atoms with Crippen LogP contribution in [0.1, 0.15) is 34.0 Å². The monoisotopic (exact) mass is 335 g/mol. The summed E-state index contributed by atoms with van der Waals surface area (Å²) in [6.45, 7) is 0. The molecular formula is C15H11BrClNO. The summed E-state index contributed by atoms with van der Waals surface area (Å²) in [6, 6.07) is 9.24. The fourth-order valence-electron chi connectivity index (χ4n) is 2.54. The highest BCUT2D eigenvalue weighted by Crippen LogP contribution is 2.35. The number of hydrogen-bond donors (Lipinski definition) is 0. The second kappa shape index (κ2) is 5.06. The molecular weight excluding hydrogens is 326 g/mol. The van der Waals surface area contributed by atoms with Gasteiger partial charge in [0, 0.05) is 21.3 Å². The molecule has 0 saturated carbocycles. The molecule has 19 heavy (non-hydrogen) atoms. The van der Waals surface area contributed by atoms with Gasteiger partial charge in [-0.2, -0.15) is 0 Å². The highest BCUT2D eigenvalue weighted by molar-refractivity contribution is 9.10. The van der Waals surface area contributed by atoms with Gasteiger partial charge in [0.25, 0.3) is 0 Å². The summed E-state index contributed by atoms with van der Waals surface area (Å²) in [4.78, 5) is 17.0. The molecule has 0 saturated heterocycles. The number of aromatic nitrogens is 1. The number of nitrogens with zero attached hydrogens (tertiary/aromatic N) is 1. The Bertz CT molecular complexity index is 656. The predicted molar refractivity (Wildman–Crippen MR) is 78.8 cm³/mol. The van der Waals surface area contributed by atoms with Gasteiger partial charge in [0.2, 0.25) is 0 Å². The van der Waals surface area contributed by atoms with Gasteiger partial charge in [0.05, 0.1) is 11.6 Å². The normalized spacial score (nSPS) is 17.3. The second-order valence-corrected chi connectivity index (χ2v) is 5.92. The minimum Gasteiger partial charge on any atom is -0.293 e. The maximum absolute atomic E-state index is 12.6. The van der Waals surface area contributed by atoms with Crippen LogP contribution in [0.5, 0.6) is 0 Å². The Morgan fingerprint density at radius 3 is 3.00 bits per heavy atom. The van der Waals surface area contributed by atoms with Crippen LogP contribution >= 0.6 is 27.5 Å². The third kappa shape index (κ3) is 2.33. The molecule has 1 atom stereocenters. The van der Waals surface area contributed by atoms with Crippen LogP contribution in [-0.2, 0) is 6.42 Å². The van der Waals surface area contributed by atoms with Gasteiger partial charge in [0.1, 0.15) is 0 Å². The van der Waals surface area contributed by atoms with E-state index in [0.717, 1.165) is 23.0 Å². The van der Waals surface area contributed by atoms with E-state index in [-0.39, 0.29) is 11.7 Å². The summed E-state index contributed by atoms with van der Waals surface area (Å²) in [5.41, 5.74) is 2.79. The predicted octanol–water partition coefficient (Wildman–Crippen LogP) is 4.41. The lowest BCUT2D eigenvalue weighted by molar-refractivity contribution is 0.0957. The first-order valence-corrected chi connectivity index (χ1v) is 7.27. The first-order valence-electron chi connectivity index (χ1n) is 6.10. The fraction of sp³-hybridized carbons (Fsp3) is 0.200. The Kier molecular flexibility index (Phi) is 3.42. The SMILES string of the molecule is O=C(c1ccc(Cl)cc1Br)C1CCc2cccnc21. The van der Waals surface area contributed by atoms with Crippen LogP contribution in [0.4, 0.5) is 0 Å². The number of fused-ring (bicyclic) bond motifs is 1. The average molecular weight is 337 g/mol. The molecule has 1 aliphatic carbocycles. The van der Waals surface area contributed by atoms with Gasteiger partial charge in [-0.05, 0) is 58.6 Å². The van der Waals surface area contributed by atoms with Crippen LogP contribution in [0.2, 0.25) is 5.02 Å². The van der Waals surface area contributed by atoms with Crippen LogP contribution in [-0.4, -0.2) is 10.8 Å².